The lowest BCUT2D eigenvalue weighted by molar-refractivity contribution is -0.186. The summed E-state index contributed by atoms with van der Waals surface area (Å²) in [4.78, 5) is 19.6. The molecule has 1 amide bonds. The van der Waals surface area contributed by atoms with Crippen molar-refractivity contribution in [2.24, 2.45) is 0 Å². The van der Waals surface area contributed by atoms with Crippen LogP contribution in [0.15, 0.2) is 30.3 Å². The van der Waals surface area contributed by atoms with Crippen molar-refractivity contribution in [2.45, 2.75) is 38.4 Å². The number of aryl methyl sites for hydroxylation is 2. The van der Waals surface area contributed by atoms with Gasteiger partial charge in [-0.25, -0.2) is 10.3 Å². The Kier molecular flexibility index (Phi) is 4.16. The Labute approximate surface area is 139 Å². The van der Waals surface area contributed by atoms with E-state index in [0.29, 0.717) is 11.5 Å². The summed E-state index contributed by atoms with van der Waals surface area (Å²) in [5.41, 5.74) is 6.43. The van der Waals surface area contributed by atoms with E-state index in [0.717, 1.165) is 32.1 Å². The van der Waals surface area contributed by atoms with Gasteiger partial charge in [-0.05, 0) is 48.4 Å². The van der Waals surface area contributed by atoms with Gasteiger partial charge in [0.25, 0.3) is 5.91 Å². The maximum Gasteiger partial charge on any atom is 0.285 e. The zero-order valence-corrected chi connectivity index (χ0v) is 13.7. The zero-order chi connectivity index (χ0) is 15.6. The van der Waals surface area contributed by atoms with Crippen LogP contribution in [0.4, 0.5) is 0 Å². The number of thiophene rings is 1. The number of amides is 1. The van der Waals surface area contributed by atoms with Gasteiger partial charge in [-0.15, -0.1) is 11.3 Å². The second-order valence-electron chi connectivity index (χ2n) is 5.97. The molecule has 0 spiro atoms. The van der Waals surface area contributed by atoms with E-state index in [4.69, 9.17) is 9.57 Å². The van der Waals surface area contributed by atoms with Gasteiger partial charge in [0.1, 0.15) is 0 Å². The quantitative estimate of drug-likeness (QED) is 0.874. The van der Waals surface area contributed by atoms with Gasteiger partial charge in [0.2, 0.25) is 0 Å². The van der Waals surface area contributed by atoms with Gasteiger partial charge in [-0.1, -0.05) is 24.3 Å². The monoisotopic (exact) mass is 329 g/mol. The molecule has 1 aliphatic heterocycles. The summed E-state index contributed by atoms with van der Waals surface area (Å²) in [6.45, 7) is 0.699. The molecule has 2 aliphatic rings. The minimum Gasteiger partial charge on any atom is -0.350 e. The van der Waals surface area contributed by atoms with E-state index >= 15 is 0 Å². The molecule has 5 heteroatoms. The highest BCUT2D eigenvalue weighted by Gasteiger charge is 2.22. The third-order valence-corrected chi connectivity index (χ3v) is 5.59. The van der Waals surface area contributed by atoms with Crippen LogP contribution >= 0.6 is 11.3 Å². The third-order valence-electron chi connectivity index (χ3n) is 4.38. The molecule has 0 bridgehead atoms. The number of hydroxylamine groups is 1. The number of carbonyl (C=O) groups is 1. The predicted molar refractivity (Wildman–Crippen MR) is 89.3 cm³/mol. The summed E-state index contributed by atoms with van der Waals surface area (Å²) in [6, 6.07) is 10.4. The molecule has 1 fully saturated rings. The first kappa shape index (κ1) is 14.9. The molecule has 23 heavy (non-hydrogen) atoms. The number of carbonyl (C=O) groups excluding carboxylic acids is 1. The summed E-state index contributed by atoms with van der Waals surface area (Å²) in [5, 5.41) is 0. The standard InChI is InChI=1S/C18H19NO3S/c20-18(19-22-16-7-3-4-10-21-16)15-11-13-9-8-12-5-1-2-6-14(12)17(13)23-15/h1-2,5-6,11,16H,3-4,7-10H2,(H,19,20). The summed E-state index contributed by atoms with van der Waals surface area (Å²) >= 11 is 1.54. The van der Waals surface area contributed by atoms with Crippen molar-refractivity contribution in [2.75, 3.05) is 6.61 Å². The molecule has 4 nitrogen and oxygen atoms in total. The van der Waals surface area contributed by atoms with Crippen LogP contribution in [0.2, 0.25) is 0 Å². The van der Waals surface area contributed by atoms with Crippen LogP contribution in [-0.2, 0) is 22.4 Å². The first-order chi connectivity index (χ1) is 11.3. The molecular formula is C18H19NO3S. The smallest absolute Gasteiger partial charge is 0.285 e. The zero-order valence-electron chi connectivity index (χ0n) is 12.8. The molecule has 1 unspecified atom stereocenters. The Morgan fingerprint density at radius 3 is 2.96 bits per heavy atom. The second-order valence-corrected chi connectivity index (χ2v) is 7.02. The molecule has 1 N–H and O–H groups in total. The van der Waals surface area contributed by atoms with Gasteiger partial charge in [0.15, 0.2) is 6.29 Å². The van der Waals surface area contributed by atoms with Crippen LogP contribution in [0.1, 0.15) is 40.1 Å². The summed E-state index contributed by atoms with van der Waals surface area (Å²) < 4.78 is 5.46. The van der Waals surface area contributed by atoms with Gasteiger partial charge in [-0.3, -0.25) is 4.79 Å². The molecule has 1 atom stereocenters. The molecule has 0 saturated carbocycles. The molecule has 120 valence electrons. The number of ether oxygens (including phenoxy) is 1. The van der Waals surface area contributed by atoms with Crippen LogP contribution in [0.3, 0.4) is 0 Å². The molecule has 1 aromatic heterocycles. The first-order valence-corrected chi connectivity index (χ1v) is 8.91. The Morgan fingerprint density at radius 2 is 2.09 bits per heavy atom. The van der Waals surface area contributed by atoms with Gasteiger partial charge in [0, 0.05) is 17.9 Å². The van der Waals surface area contributed by atoms with Crippen LogP contribution < -0.4 is 5.48 Å². The van der Waals surface area contributed by atoms with Crippen LogP contribution in [0.25, 0.3) is 10.4 Å². The molecule has 0 radical (unpaired) electrons. The molecule has 1 aliphatic carbocycles. The number of nitrogens with one attached hydrogen (secondary N) is 1. The van der Waals surface area contributed by atoms with Crippen molar-refractivity contribution in [3.05, 3.63) is 46.3 Å². The average Bonchev–Trinajstić information content (AvgIpc) is 3.05. The maximum atomic E-state index is 12.3. The maximum absolute atomic E-state index is 12.3. The van der Waals surface area contributed by atoms with Gasteiger partial charge in [0.05, 0.1) is 4.88 Å². The van der Waals surface area contributed by atoms with E-state index in [2.05, 4.69) is 29.7 Å². The third kappa shape index (κ3) is 3.04. The summed E-state index contributed by atoms with van der Waals surface area (Å²) in [6.07, 6.45) is 4.67. The number of fused-ring (bicyclic) bond motifs is 3. The average molecular weight is 329 g/mol. The number of rotatable bonds is 3. The van der Waals surface area contributed by atoms with Gasteiger partial charge < -0.3 is 4.74 Å². The highest BCUT2D eigenvalue weighted by atomic mass is 32.1. The highest BCUT2D eigenvalue weighted by Crippen LogP contribution is 2.39. The number of hydrogen-bond donors (Lipinski definition) is 1. The largest absolute Gasteiger partial charge is 0.350 e. The number of benzene rings is 1. The minimum atomic E-state index is -0.317. The Balaban J connectivity index is 1.48. The Bertz CT molecular complexity index is 719. The van der Waals surface area contributed by atoms with Crippen LogP contribution in [0.5, 0.6) is 0 Å². The lowest BCUT2D eigenvalue weighted by Gasteiger charge is -2.21. The van der Waals surface area contributed by atoms with Crippen molar-refractivity contribution in [3.8, 4) is 10.4 Å². The SMILES string of the molecule is O=C(NOC1CCCCO1)c1cc2c(s1)-c1ccccc1CC2. The summed E-state index contributed by atoms with van der Waals surface area (Å²) in [7, 11) is 0. The molecule has 4 rings (SSSR count). The minimum absolute atomic E-state index is 0.184. The molecule has 2 heterocycles. The first-order valence-electron chi connectivity index (χ1n) is 8.10. The van der Waals surface area contributed by atoms with E-state index in [1.165, 1.54) is 32.9 Å². The summed E-state index contributed by atoms with van der Waals surface area (Å²) in [5.74, 6) is -0.184. The van der Waals surface area contributed by atoms with Crippen molar-refractivity contribution < 1.29 is 14.4 Å². The van der Waals surface area contributed by atoms with E-state index < -0.39 is 0 Å². The Hall–Kier alpha value is -1.69. The fourth-order valence-corrected chi connectivity index (χ4v) is 4.31. The molecule has 1 saturated heterocycles. The molecule has 1 aromatic carbocycles. The van der Waals surface area contributed by atoms with Crippen molar-refractivity contribution in [1.82, 2.24) is 5.48 Å². The fraction of sp³-hybridized carbons (Fsp3) is 0.389. The van der Waals surface area contributed by atoms with Crippen molar-refractivity contribution in [3.63, 3.8) is 0 Å². The van der Waals surface area contributed by atoms with E-state index in [1.807, 2.05) is 6.07 Å². The molecule has 2 aromatic rings. The highest BCUT2D eigenvalue weighted by molar-refractivity contribution is 7.17. The lowest BCUT2D eigenvalue weighted by Crippen LogP contribution is -2.32. The van der Waals surface area contributed by atoms with E-state index in [9.17, 15) is 4.79 Å². The van der Waals surface area contributed by atoms with E-state index in [1.54, 1.807) is 0 Å². The Morgan fingerprint density at radius 1 is 1.22 bits per heavy atom. The molecular weight excluding hydrogens is 310 g/mol. The van der Waals surface area contributed by atoms with Crippen LogP contribution in [-0.4, -0.2) is 18.8 Å². The van der Waals surface area contributed by atoms with Crippen molar-refractivity contribution >= 4 is 17.2 Å². The number of hydrogen-bond acceptors (Lipinski definition) is 4. The van der Waals surface area contributed by atoms with E-state index in [-0.39, 0.29) is 12.2 Å². The van der Waals surface area contributed by atoms with Gasteiger partial charge in [-0.2, -0.15) is 0 Å². The fourth-order valence-electron chi connectivity index (χ4n) is 3.16. The predicted octanol–water partition coefficient (Wildman–Crippen LogP) is 3.70. The topological polar surface area (TPSA) is 47.6 Å². The van der Waals surface area contributed by atoms with Crippen molar-refractivity contribution in [1.29, 1.82) is 0 Å². The van der Waals surface area contributed by atoms with Gasteiger partial charge >= 0.3 is 0 Å². The normalized spacial score (nSPS) is 19.7. The lowest BCUT2D eigenvalue weighted by atomic mass is 9.91. The second kappa shape index (κ2) is 6.43. The van der Waals surface area contributed by atoms with Crippen LogP contribution in [0, 0.1) is 0 Å².